The van der Waals surface area contributed by atoms with Crippen LogP contribution in [0.4, 0.5) is 4.39 Å². The zero-order valence-corrected chi connectivity index (χ0v) is 8.54. The summed E-state index contributed by atoms with van der Waals surface area (Å²) in [7, 11) is 0. The van der Waals surface area contributed by atoms with Crippen LogP contribution in [0.3, 0.4) is 0 Å². The summed E-state index contributed by atoms with van der Waals surface area (Å²) < 4.78 is 18.5. The maximum atomic E-state index is 13.6. The molecule has 0 N–H and O–H groups in total. The average molecular weight is 210 g/mol. The Balaban J connectivity index is 3.32. The smallest absolute Gasteiger partial charge is 0.176 e. The molecule has 0 aliphatic carbocycles. The van der Waals surface area contributed by atoms with Crippen LogP contribution in [-0.4, -0.2) is 18.7 Å². The van der Waals surface area contributed by atoms with Crippen LogP contribution in [0, 0.1) is 5.82 Å². The van der Waals surface area contributed by atoms with E-state index in [0.29, 0.717) is 12.9 Å². The van der Waals surface area contributed by atoms with Gasteiger partial charge in [-0.15, -0.1) is 0 Å². The quantitative estimate of drug-likeness (QED) is 0.565. The molecule has 0 aromatic heterocycles. The zero-order valence-electron chi connectivity index (χ0n) is 8.54. The molecule has 0 aliphatic heterocycles. The number of benzene rings is 1. The lowest BCUT2D eigenvalue weighted by atomic mass is 10.0. The maximum Gasteiger partial charge on any atom is 0.176 e. The topological polar surface area (TPSA) is 43.4 Å². The van der Waals surface area contributed by atoms with Crippen molar-refractivity contribution in [2.24, 2.45) is 0 Å². The van der Waals surface area contributed by atoms with Gasteiger partial charge in [0.2, 0.25) is 0 Å². The van der Waals surface area contributed by atoms with Gasteiger partial charge in [0.25, 0.3) is 0 Å². The minimum atomic E-state index is -0.778. The first-order valence-corrected chi connectivity index (χ1v) is 4.53. The van der Waals surface area contributed by atoms with E-state index in [0.717, 1.165) is 0 Å². The predicted molar refractivity (Wildman–Crippen MR) is 53.0 cm³/mol. The number of aldehydes is 1. The number of carbonyl (C=O) groups excluding carboxylic acids is 2. The van der Waals surface area contributed by atoms with E-state index in [4.69, 9.17) is 4.74 Å². The molecule has 4 heteroatoms. The molecule has 0 unspecified atom stereocenters. The molecule has 0 radical (unpaired) electrons. The number of ether oxygens (including phenoxy) is 1. The highest BCUT2D eigenvalue weighted by molar-refractivity contribution is 6.01. The number of rotatable bonds is 4. The van der Waals surface area contributed by atoms with Gasteiger partial charge in [-0.1, -0.05) is 0 Å². The summed E-state index contributed by atoms with van der Waals surface area (Å²) in [5, 5.41) is 0. The van der Waals surface area contributed by atoms with Crippen LogP contribution in [0.2, 0.25) is 0 Å². The molecule has 0 fully saturated rings. The Kier molecular flexibility index (Phi) is 3.55. The second kappa shape index (κ2) is 4.68. The summed E-state index contributed by atoms with van der Waals surface area (Å²) >= 11 is 0. The Bertz CT molecular complexity index is 399. The van der Waals surface area contributed by atoms with Crippen molar-refractivity contribution >= 4 is 12.1 Å². The van der Waals surface area contributed by atoms with Crippen molar-refractivity contribution in [1.29, 1.82) is 0 Å². The van der Waals surface area contributed by atoms with Crippen molar-refractivity contribution in [3.8, 4) is 5.75 Å². The van der Waals surface area contributed by atoms with Crippen molar-refractivity contribution in [3.05, 3.63) is 29.1 Å². The lowest BCUT2D eigenvalue weighted by molar-refractivity contribution is 0.100. The molecular weight excluding hydrogens is 199 g/mol. The molecule has 0 saturated carbocycles. The third kappa shape index (κ3) is 2.21. The second-order valence-electron chi connectivity index (χ2n) is 2.95. The Hall–Kier alpha value is -1.71. The molecule has 80 valence electrons. The van der Waals surface area contributed by atoms with Crippen LogP contribution in [0.1, 0.15) is 34.6 Å². The number of Topliss-reactive ketones (excluding diaryl/α,β-unsaturated/α-hetero) is 1. The van der Waals surface area contributed by atoms with Gasteiger partial charge in [-0.2, -0.15) is 0 Å². The van der Waals surface area contributed by atoms with Gasteiger partial charge in [-0.05, 0) is 26.0 Å². The highest BCUT2D eigenvalue weighted by Gasteiger charge is 2.15. The number of hydrogen-bond donors (Lipinski definition) is 0. The van der Waals surface area contributed by atoms with Crippen molar-refractivity contribution in [3.63, 3.8) is 0 Å². The van der Waals surface area contributed by atoms with Crippen molar-refractivity contribution in [2.45, 2.75) is 13.8 Å². The standard InChI is InChI=1S/C11H11FO3/c1-3-15-10-5-4-8(7(2)14)9(6-13)11(10)12/h4-6H,3H2,1-2H3. The van der Waals surface area contributed by atoms with Crippen LogP contribution >= 0.6 is 0 Å². The van der Waals surface area contributed by atoms with E-state index in [9.17, 15) is 14.0 Å². The Morgan fingerprint density at radius 1 is 1.53 bits per heavy atom. The molecule has 0 amide bonds. The van der Waals surface area contributed by atoms with Gasteiger partial charge in [-0.3, -0.25) is 9.59 Å². The molecule has 0 spiro atoms. The van der Waals surface area contributed by atoms with E-state index in [1.165, 1.54) is 19.1 Å². The van der Waals surface area contributed by atoms with Crippen molar-refractivity contribution in [1.82, 2.24) is 0 Å². The van der Waals surface area contributed by atoms with Crippen molar-refractivity contribution in [2.75, 3.05) is 6.61 Å². The van der Waals surface area contributed by atoms with Crippen molar-refractivity contribution < 1.29 is 18.7 Å². The summed E-state index contributed by atoms with van der Waals surface area (Å²) in [6.45, 7) is 3.29. The molecule has 0 atom stereocenters. The first-order valence-electron chi connectivity index (χ1n) is 4.53. The number of halogens is 1. The average Bonchev–Trinajstić information content (AvgIpc) is 2.20. The minimum absolute atomic E-state index is 0.00963. The molecule has 0 bridgehead atoms. The molecule has 1 aromatic rings. The number of carbonyl (C=O) groups is 2. The van der Waals surface area contributed by atoms with Gasteiger partial charge in [0.05, 0.1) is 12.2 Å². The van der Waals surface area contributed by atoms with Gasteiger partial charge in [-0.25, -0.2) is 4.39 Å². The van der Waals surface area contributed by atoms with Gasteiger partial charge < -0.3 is 4.74 Å². The molecule has 1 rings (SSSR count). The van der Waals surface area contributed by atoms with Gasteiger partial charge in [0.1, 0.15) is 0 Å². The monoisotopic (exact) mass is 210 g/mol. The molecule has 0 saturated heterocycles. The summed E-state index contributed by atoms with van der Waals surface area (Å²) in [6, 6.07) is 2.74. The molecule has 3 nitrogen and oxygen atoms in total. The first kappa shape index (κ1) is 11.4. The largest absolute Gasteiger partial charge is 0.491 e. The van der Waals surface area contributed by atoms with E-state index in [-0.39, 0.29) is 22.7 Å². The zero-order chi connectivity index (χ0) is 11.4. The summed E-state index contributed by atoms with van der Waals surface area (Å²) in [6.07, 6.45) is 0.328. The molecule has 0 aliphatic rings. The van der Waals surface area contributed by atoms with Crippen LogP contribution in [0.15, 0.2) is 12.1 Å². The normalized spacial score (nSPS) is 9.80. The fourth-order valence-electron chi connectivity index (χ4n) is 1.26. The Morgan fingerprint density at radius 3 is 2.67 bits per heavy atom. The van der Waals surface area contributed by atoms with E-state index in [1.54, 1.807) is 6.92 Å². The fourth-order valence-corrected chi connectivity index (χ4v) is 1.26. The van der Waals surface area contributed by atoms with Crippen LogP contribution in [-0.2, 0) is 0 Å². The summed E-state index contributed by atoms with van der Waals surface area (Å²) in [5.41, 5.74) is -0.167. The molecule has 0 heterocycles. The second-order valence-corrected chi connectivity index (χ2v) is 2.95. The molecule has 15 heavy (non-hydrogen) atoms. The van der Waals surface area contributed by atoms with Gasteiger partial charge >= 0.3 is 0 Å². The number of ketones is 1. The van der Waals surface area contributed by atoms with E-state index in [1.807, 2.05) is 0 Å². The lowest BCUT2D eigenvalue weighted by Gasteiger charge is -2.08. The van der Waals surface area contributed by atoms with E-state index >= 15 is 0 Å². The first-order chi connectivity index (χ1) is 7.11. The molecular formula is C11H11FO3. The third-order valence-electron chi connectivity index (χ3n) is 1.94. The van der Waals surface area contributed by atoms with E-state index in [2.05, 4.69) is 0 Å². The van der Waals surface area contributed by atoms with Crippen LogP contribution < -0.4 is 4.74 Å². The molecule has 1 aromatic carbocycles. The minimum Gasteiger partial charge on any atom is -0.491 e. The summed E-state index contributed by atoms with van der Waals surface area (Å²) in [4.78, 5) is 21.7. The third-order valence-corrected chi connectivity index (χ3v) is 1.94. The van der Waals surface area contributed by atoms with E-state index < -0.39 is 5.82 Å². The predicted octanol–water partition coefficient (Wildman–Crippen LogP) is 2.24. The summed E-state index contributed by atoms with van der Waals surface area (Å²) in [5.74, 6) is -1.14. The highest BCUT2D eigenvalue weighted by atomic mass is 19.1. The SMILES string of the molecule is CCOc1ccc(C(C)=O)c(C=O)c1F. The van der Waals surface area contributed by atoms with Gasteiger partial charge in [0, 0.05) is 5.56 Å². The van der Waals surface area contributed by atoms with Gasteiger partial charge in [0.15, 0.2) is 23.6 Å². The van der Waals surface area contributed by atoms with Crippen LogP contribution in [0.5, 0.6) is 5.75 Å². The fraction of sp³-hybridized carbons (Fsp3) is 0.273. The maximum absolute atomic E-state index is 13.6. The number of hydrogen-bond acceptors (Lipinski definition) is 3. The highest BCUT2D eigenvalue weighted by Crippen LogP contribution is 2.23. The Labute approximate surface area is 86.9 Å². The Morgan fingerprint density at radius 2 is 2.20 bits per heavy atom. The lowest BCUT2D eigenvalue weighted by Crippen LogP contribution is -2.04. The van der Waals surface area contributed by atoms with Crippen LogP contribution in [0.25, 0.3) is 0 Å².